The van der Waals surface area contributed by atoms with Crippen molar-refractivity contribution in [3.8, 4) is 0 Å². The summed E-state index contributed by atoms with van der Waals surface area (Å²) in [5.74, 6) is -2.62. The Hall–Kier alpha value is -1.27. The van der Waals surface area contributed by atoms with Gasteiger partial charge < -0.3 is 10.6 Å². The van der Waals surface area contributed by atoms with Crippen molar-refractivity contribution in [3.63, 3.8) is 0 Å². The third-order valence-corrected chi connectivity index (χ3v) is 2.10. The molecule has 0 aliphatic carbocycles. The minimum absolute atomic E-state index is 0.244. The van der Waals surface area contributed by atoms with Crippen LogP contribution in [-0.2, 0) is 9.59 Å². The summed E-state index contributed by atoms with van der Waals surface area (Å²) < 4.78 is 35.7. The summed E-state index contributed by atoms with van der Waals surface area (Å²) in [6, 6.07) is -1.07. The van der Waals surface area contributed by atoms with Gasteiger partial charge in [0.25, 0.3) is 0 Å². The molecule has 2 amide bonds. The van der Waals surface area contributed by atoms with Crippen LogP contribution in [0.25, 0.3) is 0 Å². The molecule has 0 aromatic heterocycles. The zero-order valence-electron chi connectivity index (χ0n) is 7.86. The molecule has 1 aliphatic heterocycles. The maximum Gasteiger partial charge on any atom is 0.471 e. The van der Waals surface area contributed by atoms with E-state index in [4.69, 9.17) is 0 Å². The van der Waals surface area contributed by atoms with Crippen LogP contribution in [0.5, 0.6) is 0 Å². The molecule has 86 valence electrons. The molecule has 1 saturated heterocycles. The summed E-state index contributed by atoms with van der Waals surface area (Å²) in [6.45, 7) is 0.442. The Kier molecular flexibility index (Phi) is 3.54. The number of nitrogens with one attached hydrogen (secondary N) is 2. The first-order valence-electron chi connectivity index (χ1n) is 4.56. The predicted octanol–water partition coefficient (Wildman–Crippen LogP) is 0.334. The summed E-state index contributed by atoms with van der Waals surface area (Å²) >= 11 is 0. The Bertz CT molecular complexity index is 265. The Balaban J connectivity index is 2.56. The molecule has 2 N–H and O–H groups in total. The van der Waals surface area contributed by atoms with Crippen LogP contribution in [-0.4, -0.2) is 30.6 Å². The molecule has 15 heavy (non-hydrogen) atoms. The van der Waals surface area contributed by atoms with Crippen LogP contribution in [0.3, 0.4) is 0 Å². The van der Waals surface area contributed by atoms with Crippen molar-refractivity contribution in [2.24, 2.45) is 0 Å². The molecule has 1 unspecified atom stereocenters. The number of hydrogen-bond donors (Lipinski definition) is 2. The van der Waals surface area contributed by atoms with Crippen LogP contribution in [0.2, 0.25) is 0 Å². The molecule has 0 bridgehead atoms. The maximum atomic E-state index is 11.9. The quantitative estimate of drug-likeness (QED) is 0.674. The fourth-order valence-electron chi connectivity index (χ4n) is 1.32. The molecule has 0 spiro atoms. The number of hydrogen-bond acceptors (Lipinski definition) is 2. The van der Waals surface area contributed by atoms with E-state index >= 15 is 0 Å². The van der Waals surface area contributed by atoms with Gasteiger partial charge in [0.1, 0.15) is 6.04 Å². The first-order valence-corrected chi connectivity index (χ1v) is 4.56. The number of rotatable bonds is 1. The largest absolute Gasteiger partial charge is 0.471 e. The molecule has 0 saturated carbocycles. The van der Waals surface area contributed by atoms with Gasteiger partial charge in [-0.25, -0.2) is 0 Å². The third kappa shape index (κ3) is 3.41. The molecule has 1 heterocycles. The highest BCUT2D eigenvalue weighted by Crippen LogP contribution is 2.15. The molecule has 0 radical (unpaired) electrons. The molecular weight excluding hydrogens is 213 g/mol. The van der Waals surface area contributed by atoms with E-state index in [1.807, 2.05) is 0 Å². The lowest BCUT2D eigenvalue weighted by atomic mass is 10.1. The first kappa shape index (κ1) is 11.8. The molecule has 4 nitrogen and oxygen atoms in total. The number of halogens is 3. The second-order valence-corrected chi connectivity index (χ2v) is 3.31. The summed E-state index contributed by atoms with van der Waals surface area (Å²) in [6.07, 6.45) is -3.37. The lowest BCUT2D eigenvalue weighted by Crippen LogP contribution is -2.49. The second-order valence-electron chi connectivity index (χ2n) is 3.31. The van der Waals surface area contributed by atoms with E-state index in [1.54, 1.807) is 5.32 Å². The van der Waals surface area contributed by atoms with Gasteiger partial charge in [-0.05, 0) is 19.3 Å². The van der Waals surface area contributed by atoms with Gasteiger partial charge in [0.15, 0.2) is 0 Å². The number of carbonyl (C=O) groups excluding carboxylic acids is 2. The van der Waals surface area contributed by atoms with E-state index in [1.165, 1.54) is 0 Å². The summed E-state index contributed by atoms with van der Waals surface area (Å²) in [5.41, 5.74) is 0. The zero-order chi connectivity index (χ0) is 11.5. The number of carbonyl (C=O) groups is 2. The molecule has 1 rings (SSSR count). The molecule has 0 aromatic carbocycles. The van der Waals surface area contributed by atoms with Gasteiger partial charge in [0.2, 0.25) is 5.91 Å². The Morgan fingerprint density at radius 3 is 2.67 bits per heavy atom. The molecule has 0 aromatic rings. The summed E-state index contributed by atoms with van der Waals surface area (Å²) in [4.78, 5) is 21.8. The van der Waals surface area contributed by atoms with E-state index in [-0.39, 0.29) is 6.42 Å². The van der Waals surface area contributed by atoms with Crippen molar-refractivity contribution < 1.29 is 22.8 Å². The van der Waals surface area contributed by atoms with E-state index < -0.39 is 24.0 Å². The SMILES string of the molecule is O=C1NCCCCC1NC(=O)C(F)(F)F. The Morgan fingerprint density at radius 2 is 2.07 bits per heavy atom. The topological polar surface area (TPSA) is 58.2 Å². The van der Waals surface area contributed by atoms with Gasteiger partial charge in [-0.15, -0.1) is 0 Å². The van der Waals surface area contributed by atoms with E-state index in [2.05, 4.69) is 5.32 Å². The maximum absolute atomic E-state index is 11.9. The van der Waals surface area contributed by atoms with Gasteiger partial charge in [-0.1, -0.05) is 0 Å². The van der Waals surface area contributed by atoms with E-state index in [0.717, 1.165) is 0 Å². The third-order valence-electron chi connectivity index (χ3n) is 2.10. The van der Waals surface area contributed by atoms with Crippen LogP contribution in [0, 0.1) is 0 Å². The van der Waals surface area contributed by atoms with Gasteiger partial charge in [-0.2, -0.15) is 13.2 Å². The predicted molar refractivity (Wildman–Crippen MR) is 44.8 cm³/mol. The smallest absolute Gasteiger partial charge is 0.354 e. The van der Waals surface area contributed by atoms with Crippen LogP contribution in [0.1, 0.15) is 19.3 Å². The number of alkyl halides is 3. The summed E-state index contributed by atoms with van der Waals surface area (Å²) in [5, 5.41) is 4.10. The Labute approximate surface area is 84.2 Å². The van der Waals surface area contributed by atoms with E-state index in [9.17, 15) is 22.8 Å². The highest BCUT2D eigenvalue weighted by molar-refractivity contribution is 5.89. The van der Waals surface area contributed by atoms with Gasteiger partial charge >= 0.3 is 12.1 Å². The Morgan fingerprint density at radius 1 is 1.40 bits per heavy atom. The zero-order valence-corrected chi connectivity index (χ0v) is 7.86. The fraction of sp³-hybridized carbons (Fsp3) is 0.750. The second kappa shape index (κ2) is 4.50. The van der Waals surface area contributed by atoms with Gasteiger partial charge in [0, 0.05) is 6.54 Å². The minimum atomic E-state index is -4.94. The van der Waals surface area contributed by atoms with Crippen LogP contribution in [0.15, 0.2) is 0 Å². The molecule has 1 fully saturated rings. The minimum Gasteiger partial charge on any atom is -0.354 e. The molecule has 1 aliphatic rings. The van der Waals surface area contributed by atoms with E-state index in [0.29, 0.717) is 19.4 Å². The van der Waals surface area contributed by atoms with Gasteiger partial charge in [0.05, 0.1) is 0 Å². The van der Waals surface area contributed by atoms with Crippen LogP contribution < -0.4 is 10.6 Å². The molecule has 1 atom stereocenters. The van der Waals surface area contributed by atoms with Crippen molar-refractivity contribution in [2.45, 2.75) is 31.5 Å². The van der Waals surface area contributed by atoms with Crippen molar-refractivity contribution >= 4 is 11.8 Å². The van der Waals surface area contributed by atoms with Crippen LogP contribution >= 0.6 is 0 Å². The highest BCUT2D eigenvalue weighted by atomic mass is 19.4. The van der Waals surface area contributed by atoms with Crippen molar-refractivity contribution in [3.05, 3.63) is 0 Å². The van der Waals surface area contributed by atoms with Crippen LogP contribution in [0.4, 0.5) is 13.2 Å². The number of amides is 2. The van der Waals surface area contributed by atoms with Gasteiger partial charge in [-0.3, -0.25) is 9.59 Å². The van der Waals surface area contributed by atoms with Crippen molar-refractivity contribution in [1.29, 1.82) is 0 Å². The lowest BCUT2D eigenvalue weighted by Gasteiger charge is -2.15. The van der Waals surface area contributed by atoms with Crippen molar-refractivity contribution in [1.82, 2.24) is 10.6 Å². The molecule has 7 heteroatoms. The average Bonchev–Trinajstić information content (AvgIpc) is 2.30. The van der Waals surface area contributed by atoms with Crippen molar-refractivity contribution in [2.75, 3.05) is 6.54 Å². The lowest BCUT2D eigenvalue weighted by molar-refractivity contribution is -0.174. The standard InChI is InChI=1S/C8H11F3N2O2/c9-8(10,11)7(15)13-5-3-1-2-4-12-6(5)14/h5H,1-4H2,(H,12,14)(H,13,15). The normalized spacial score (nSPS) is 22.9. The average molecular weight is 224 g/mol. The monoisotopic (exact) mass is 224 g/mol. The molecular formula is C8H11F3N2O2. The fourth-order valence-corrected chi connectivity index (χ4v) is 1.32. The summed E-state index contributed by atoms with van der Waals surface area (Å²) in [7, 11) is 0. The first-order chi connectivity index (χ1) is 6.91. The highest BCUT2D eigenvalue weighted by Gasteiger charge is 2.40.